The van der Waals surface area contributed by atoms with E-state index < -0.39 is 28.5 Å². The summed E-state index contributed by atoms with van der Waals surface area (Å²) < 4.78 is 0. The summed E-state index contributed by atoms with van der Waals surface area (Å²) in [6.45, 7) is 4.24. The van der Waals surface area contributed by atoms with Crippen molar-refractivity contribution in [1.29, 1.82) is 0 Å². The van der Waals surface area contributed by atoms with E-state index in [2.05, 4.69) is 5.32 Å². The molecule has 128 valence electrons. The SMILES string of the molecule is CC(C)N1CCC(NC(=O)c2cc(C(=O)O)cc([N+](=O)[O-])c2)C1=O. The van der Waals surface area contributed by atoms with Crippen molar-refractivity contribution in [3.8, 4) is 0 Å². The lowest BCUT2D eigenvalue weighted by molar-refractivity contribution is -0.384. The van der Waals surface area contributed by atoms with Gasteiger partial charge in [-0.25, -0.2) is 4.79 Å². The van der Waals surface area contributed by atoms with Gasteiger partial charge in [0.25, 0.3) is 11.6 Å². The number of rotatable bonds is 5. The van der Waals surface area contributed by atoms with Crippen molar-refractivity contribution in [3.05, 3.63) is 39.4 Å². The summed E-state index contributed by atoms with van der Waals surface area (Å²) in [7, 11) is 0. The minimum atomic E-state index is -1.38. The summed E-state index contributed by atoms with van der Waals surface area (Å²) in [6.07, 6.45) is 0.434. The Balaban J connectivity index is 2.22. The summed E-state index contributed by atoms with van der Waals surface area (Å²) in [5.74, 6) is -2.32. The number of non-ortho nitro benzene ring substituents is 1. The Bertz CT molecular complexity index is 683. The number of nitrogens with one attached hydrogen (secondary N) is 1. The van der Waals surface area contributed by atoms with E-state index in [4.69, 9.17) is 5.11 Å². The maximum Gasteiger partial charge on any atom is 0.335 e. The van der Waals surface area contributed by atoms with Crippen molar-refractivity contribution in [2.24, 2.45) is 0 Å². The number of aromatic carboxylic acids is 1. The molecular formula is C15H17N3O6. The van der Waals surface area contributed by atoms with E-state index in [1.165, 1.54) is 0 Å². The number of carbonyl (C=O) groups is 3. The van der Waals surface area contributed by atoms with E-state index in [0.29, 0.717) is 13.0 Å². The molecule has 2 amide bonds. The normalized spacial score (nSPS) is 17.2. The Labute approximate surface area is 137 Å². The molecule has 1 aliphatic heterocycles. The van der Waals surface area contributed by atoms with Gasteiger partial charge < -0.3 is 15.3 Å². The van der Waals surface area contributed by atoms with Gasteiger partial charge in [-0.2, -0.15) is 0 Å². The van der Waals surface area contributed by atoms with Crippen LogP contribution in [-0.4, -0.2) is 51.3 Å². The number of nitrogens with zero attached hydrogens (tertiary/aromatic N) is 2. The van der Waals surface area contributed by atoms with Crippen LogP contribution in [0.2, 0.25) is 0 Å². The predicted octanol–water partition coefficient (Wildman–Crippen LogP) is 1.03. The molecule has 0 saturated carbocycles. The summed E-state index contributed by atoms with van der Waals surface area (Å²) in [4.78, 5) is 47.2. The molecule has 9 heteroatoms. The third-order valence-corrected chi connectivity index (χ3v) is 3.81. The van der Waals surface area contributed by atoms with Gasteiger partial charge in [0.15, 0.2) is 0 Å². The van der Waals surface area contributed by atoms with E-state index in [-0.39, 0.29) is 23.1 Å². The zero-order valence-corrected chi connectivity index (χ0v) is 13.2. The van der Waals surface area contributed by atoms with E-state index in [9.17, 15) is 24.5 Å². The highest BCUT2D eigenvalue weighted by Gasteiger charge is 2.34. The van der Waals surface area contributed by atoms with Gasteiger partial charge in [0.1, 0.15) is 6.04 Å². The molecule has 0 aromatic heterocycles. The van der Waals surface area contributed by atoms with Crippen molar-refractivity contribution >= 4 is 23.5 Å². The molecule has 1 atom stereocenters. The maximum absolute atomic E-state index is 12.3. The average Bonchev–Trinajstić information content (AvgIpc) is 2.87. The highest BCUT2D eigenvalue weighted by atomic mass is 16.6. The molecule has 9 nitrogen and oxygen atoms in total. The molecule has 0 bridgehead atoms. The number of carbonyl (C=O) groups excluding carboxylic acids is 2. The fourth-order valence-electron chi connectivity index (χ4n) is 2.56. The van der Waals surface area contributed by atoms with Crippen molar-refractivity contribution in [1.82, 2.24) is 10.2 Å². The first-order valence-corrected chi connectivity index (χ1v) is 7.35. The Hall–Kier alpha value is -2.97. The summed E-state index contributed by atoms with van der Waals surface area (Å²) >= 11 is 0. The van der Waals surface area contributed by atoms with E-state index in [1.807, 2.05) is 13.8 Å². The molecule has 1 fully saturated rings. The monoisotopic (exact) mass is 335 g/mol. The van der Waals surface area contributed by atoms with Crippen LogP contribution in [0.4, 0.5) is 5.69 Å². The fourth-order valence-corrected chi connectivity index (χ4v) is 2.56. The molecule has 0 spiro atoms. The van der Waals surface area contributed by atoms with Crippen LogP contribution in [0.3, 0.4) is 0 Å². The lowest BCUT2D eigenvalue weighted by atomic mass is 10.1. The Kier molecular flexibility index (Phi) is 4.82. The van der Waals surface area contributed by atoms with E-state index in [1.54, 1.807) is 4.90 Å². The first kappa shape index (κ1) is 17.4. The molecule has 24 heavy (non-hydrogen) atoms. The number of amides is 2. The van der Waals surface area contributed by atoms with Crippen molar-refractivity contribution in [2.45, 2.75) is 32.4 Å². The maximum atomic E-state index is 12.3. The number of nitro benzene ring substituents is 1. The summed E-state index contributed by atoms with van der Waals surface area (Å²) in [5.41, 5.74) is -1.03. The van der Waals surface area contributed by atoms with Crippen LogP contribution in [0.25, 0.3) is 0 Å². The van der Waals surface area contributed by atoms with Gasteiger partial charge in [-0.1, -0.05) is 0 Å². The van der Waals surface area contributed by atoms with E-state index in [0.717, 1.165) is 18.2 Å². The number of nitro groups is 1. The third-order valence-electron chi connectivity index (χ3n) is 3.81. The molecule has 1 aromatic rings. The lowest BCUT2D eigenvalue weighted by Crippen LogP contribution is -2.43. The minimum Gasteiger partial charge on any atom is -0.478 e. The van der Waals surface area contributed by atoms with Gasteiger partial charge in [-0.05, 0) is 26.3 Å². The Morgan fingerprint density at radius 2 is 1.96 bits per heavy atom. The summed E-state index contributed by atoms with van der Waals surface area (Å²) in [5, 5.41) is 22.4. The van der Waals surface area contributed by atoms with Gasteiger partial charge in [-0.15, -0.1) is 0 Å². The van der Waals surface area contributed by atoms with Gasteiger partial charge in [0, 0.05) is 30.3 Å². The zero-order chi connectivity index (χ0) is 18.0. The number of benzene rings is 1. The second kappa shape index (κ2) is 6.65. The molecule has 2 rings (SSSR count). The number of likely N-dealkylation sites (tertiary alicyclic amines) is 1. The summed E-state index contributed by atoms with van der Waals surface area (Å²) in [6, 6.07) is 2.20. The number of carboxylic acids is 1. The van der Waals surface area contributed by atoms with Crippen LogP contribution in [0.5, 0.6) is 0 Å². The van der Waals surface area contributed by atoms with Gasteiger partial charge in [0.2, 0.25) is 5.91 Å². The molecular weight excluding hydrogens is 318 g/mol. The molecule has 1 aromatic carbocycles. The van der Waals surface area contributed by atoms with Crippen molar-refractivity contribution in [3.63, 3.8) is 0 Å². The standard InChI is InChI=1S/C15H17N3O6/c1-8(2)17-4-3-12(14(17)20)16-13(19)9-5-10(15(21)22)7-11(6-9)18(23)24/h5-8,12H,3-4H2,1-2H3,(H,16,19)(H,21,22). The predicted molar refractivity (Wildman–Crippen MR) is 82.8 cm³/mol. The van der Waals surface area contributed by atoms with Crippen LogP contribution in [-0.2, 0) is 4.79 Å². The largest absolute Gasteiger partial charge is 0.478 e. The van der Waals surface area contributed by atoms with Gasteiger partial charge in [-0.3, -0.25) is 19.7 Å². The van der Waals surface area contributed by atoms with E-state index >= 15 is 0 Å². The van der Waals surface area contributed by atoms with Crippen molar-refractivity contribution in [2.75, 3.05) is 6.54 Å². The topological polar surface area (TPSA) is 130 Å². The number of carboxylic acid groups (broad SMARTS) is 1. The van der Waals surface area contributed by atoms with Gasteiger partial charge in [0.05, 0.1) is 10.5 Å². The highest BCUT2D eigenvalue weighted by Crippen LogP contribution is 2.19. The zero-order valence-electron chi connectivity index (χ0n) is 13.2. The number of hydrogen-bond donors (Lipinski definition) is 2. The van der Waals surface area contributed by atoms with Crippen LogP contribution >= 0.6 is 0 Å². The fraction of sp³-hybridized carbons (Fsp3) is 0.400. The smallest absolute Gasteiger partial charge is 0.335 e. The molecule has 1 saturated heterocycles. The van der Waals surface area contributed by atoms with Crippen LogP contribution in [0.15, 0.2) is 18.2 Å². The number of hydrogen-bond acceptors (Lipinski definition) is 5. The Morgan fingerprint density at radius 3 is 2.46 bits per heavy atom. The average molecular weight is 335 g/mol. The van der Waals surface area contributed by atoms with Gasteiger partial charge >= 0.3 is 5.97 Å². The molecule has 1 unspecified atom stereocenters. The molecule has 1 aliphatic rings. The molecule has 0 aliphatic carbocycles. The molecule has 1 heterocycles. The molecule has 2 N–H and O–H groups in total. The van der Waals surface area contributed by atoms with Crippen molar-refractivity contribution < 1.29 is 24.4 Å². The minimum absolute atomic E-state index is 0.0100. The van der Waals surface area contributed by atoms with Crippen LogP contribution < -0.4 is 5.32 Å². The first-order chi connectivity index (χ1) is 11.2. The lowest BCUT2D eigenvalue weighted by Gasteiger charge is -2.21. The van der Waals surface area contributed by atoms with Crippen LogP contribution in [0, 0.1) is 10.1 Å². The second-order valence-corrected chi connectivity index (χ2v) is 5.77. The first-order valence-electron chi connectivity index (χ1n) is 7.35. The highest BCUT2D eigenvalue weighted by molar-refractivity contribution is 6.00. The third kappa shape index (κ3) is 3.50. The Morgan fingerprint density at radius 1 is 1.33 bits per heavy atom. The quantitative estimate of drug-likeness (QED) is 0.610. The van der Waals surface area contributed by atoms with Crippen LogP contribution in [0.1, 0.15) is 41.0 Å². The second-order valence-electron chi connectivity index (χ2n) is 5.77. The molecule has 0 radical (unpaired) electrons.